The van der Waals surface area contributed by atoms with Gasteiger partial charge in [0, 0.05) is 18.5 Å². The highest BCUT2D eigenvalue weighted by Gasteiger charge is 2.46. The Morgan fingerprint density at radius 2 is 2.27 bits per heavy atom. The molecule has 1 aromatic rings. The summed E-state index contributed by atoms with van der Waals surface area (Å²) in [5, 5.41) is 2.78. The predicted octanol–water partition coefficient (Wildman–Crippen LogP) is -0.101. The lowest BCUT2D eigenvalue weighted by Crippen LogP contribution is -2.60. The van der Waals surface area contributed by atoms with Crippen molar-refractivity contribution in [3.63, 3.8) is 0 Å². The van der Waals surface area contributed by atoms with Crippen molar-refractivity contribution >= 4 is 29.1 Å². The quantitative estimate of drug-likeness (QED) is 0.771. The molecule has 0 aliphatic carbocycles. The molecule has 22 heavy (non-hydrogen) atoms. The zero-order chi connectivity index (χ0) is 15.9. The number of rotatable bonds is 2. The first-order chi connectivity index (χ1) is 10.5. The molecule has 1 aromatic heterocycles. The van der Waals surface area contributed by atoms with Crippen LogP contribution in [-0.4, -0.2) is 58.2 Å². The number of carbonyl (C=O) groups is 3. The molecule has 3 rings (SSSR count). The Balaban J connectivity index is 1.70. The van der Waals surface area contributed by atoms with Gasteiger partial charge in [-0.25, -0.2) is 4.98 Å². The fourth-order valence-corrected chi connectivity index (χ4v) is 3.85. The van der Waals surface area contributed by atoms with Crippen molar-refractivity contribution in [2.75, 3.05) is 13.6 Å². The van der Waals surface area contributed by atoms with Crippen molar-refractivity contribution in [2.24, 2.45) is 0 Å². The van der Waals surface area contributed by atoms with Crippen LogP contribution in [0.1, 0.15) is 23.4 Å². The van der Waals surface area contributed by atoms with Crippen LogP contribution in [0.2, 0.25) is 0 Å². The van der Waals surface area contributed by atoms with E-state index in [9.17, 15) is 14.4 Å². The first kappa shape index (κ1) is 15.0. The van der Waals surface area contributed by atoms with Gasteiger partial charge in [0.1, 0.15) is 6.04 Å². The zero-order valence-corrected chi connectivity index (χ0v) is 13.4. The first-order valence-electron chi connectivity index (χ1n) is 7.23. The Kier molecular flexibility index (Phi) is 3.86. The summed E-state index contributed by atoms with van der Waals surface area (Å²) in [5.41, 5.74) is 2.59. The smallest absolute Gasteiger partial charge is 0.313 e. The molecule has 118 valence electrons. The van der Waals surface area contributed by atoms with Crippen LogP contribution < -0.4 is 5.32 Å². The fourth-order valence-electron chi connectivity index (χ4n) is 3.02. The van der Waals surface area contributed by atoms with E-state index in [0.29, 0.717) is 19.5 Å². The number of nitrogens with one attached hydrogen (secondary N) is 1. The van der Waals surface area contributed by atoms with Crippen LogP contribution in [-0.2, 0) is 20.9 Å². The molecular formula is C14H18N4O3S. The van der Waals surface area contributed by atoms with Gasteiger partial charge >= 0.3 is 11.8 Å². The van der Waals surface area contributed by atoms with E-state index in [2.05, 4.69) is 10.3 Å². The maximum atomic E-state index is 12.5. The number of piperazine rings is 1. The number of nitrogens with zero attached hydrogens (tertiary/aromatic N) is 3. The molecule has 2 aliphatic rings. The number of carbonyl (C=O) groups excluding carboxylic acids is 3. The SMILES string of the molecule is Cc1ncsc1CN(C)C(=O)C(=O)N1C2CCC1C(=O)NC2. The van der Waals surface area contributed by atoms with Crippen molar-refractivity contribution in [3.8, 4) is 0 Å². The summed E-state index contributed by atoms with van der Waals surface area (Å²) in [6.45, 7) is 2.67. The van der Waals surface area contributed by atoms with Gasteiger partial charge in [-0.15, -0.1) is 11.3 Å². The molecule has 2 unspecified atom stereocenters. The largest absolute Gasteiger partial charge is 0.352 e. The monoisotopic (exact) mass is 322 g/mol. The average Bonchev–Trinajstić information content (AvgIpc) is 3.05. The third-order valence-electron chi connectivity index (χ3n) is 4.31. The Bertz CT molecular complexity index is 629. The van der Waals surface area contributed by atoms with E-state index in [1.807, 2.05) is 6.92 Å². The third kappa shape index (κ3) is 2.47. The van der Waals surface area contributed by atoms with Crippen molar-refractivity contribution < 1.29 is 14.4 Å². The molecule has 2 bridgehead atoms. The number of aryl methyl sites for hydroxylation is 1. The molecule has 2 atom stereocenters. The van der Waals surface area contributed by atoms with Crippen LogP contribution in [0, 0.1) is 6.92 Å². The summed E-state index contributed by atoms with van der Waals surface area (Å²) >= 11 is 1.46. The lowest BCUT2D eigenvalue weighted by molar-refractivity contribution is -0.156. The van der Waals surface area contributed by atoms with E-state index in [0.717, 1.165) is 17.0 Å². The van der Waals surface area contributed by atoms with Gasteiger partial charge in [-0.2, -0.15) is 0 Å². The highest BCUT2D eigenvalue weighted by Crippen LogP contribution is 2.27. The van der Waals surface area contributed by atoms with E-state index in [4.69, 9.17) is 0 Å². The minimum Gasteiger partial charge on any atom is -0.352 e. The Hall–Kier alpha value is -1.96. The van der Waals surface area contributed by atoms with Gasteiger partial charge in [-0.3, -0.25) is 14.4 Å². The van der Waals surface area contributed by atoms with Crippen molar-refractivity contribution in [1.82, 2.24) is 20.1 Å². The zero-order valence-electron chi connectivity index (χ0n) is 12.5. The van der Waals surface area contributed by atoms with Crippen LogP contribution in [0.5, 0.6) is 0 Å². The summed E-state index contributed by atoms with van der Waals surface area (Å²) in [4.78, 5) is 44.7. The van der Waals surface area contributed by atoms with Crippen LogP contribution in [0.15, 0.2) is 5.51 Å². The van der Waals surface area contributed by atoms with Gasteiger partial charge < -0.3 is 15.1 Å². The molecule has 0 saturated carbocycles. The standard InChI is InChI=1S/C14H18N4O3S/c1-8-11(22-7-16-8)6-17(2)13(20)14(21)18-9-3-4-10(18)12(19)15-5-9/h7,9-10H,3-6H2,1-2H3,(H,15,19). The maximum absolute atomic E-state index is 12.5. The fraction of sp³-hybridized carbons (Fsp3) is 0.571. The first-order valence-corrected chi connectivity index (χ1v) is 8.11. The lowest BCUT2D eigenvalue weighted by Gasteiger charge is -2.34. The summed E-state index contributed by atoms with van der Waals surface area (Å²) in [6.07, 6.45) is 1.40. The highest BCUT2D eigenvalue weighted by molar-refractivity contribution is 7.09. The molecule has 1 N–H and O–H groups in total. The summed E-state index contributed by atoms with van der Waals surface area (Å²) in [5.74, 6) is -1.30. The molecule has 0 radical (unpaired) electrons. The molecule has 7 nitrogen and oxygen atoms in total. The third-order valence-corrected chi connectivity index (χ3v) is 5.23. The average molecular weight is 322 g/mol. The van der Waals surface area contributed by atoms with E-state index < -0.39 is 17.9 Å². The van der Waals surface area contributed by atoms with Crippen molar-refractivity contribution in [2.45, 2.75) is 38.4 Å². The second-order valence-electron chi connectivity index (χ2n) is 5.73. The number of likely N-dealkylation sites (N-methyl/N-ethyl adjacent to an activating group) is 1. The van der Waals surface area contributed by atoms with Gasteiger partial charge in [0.2, 0.25) is 5.91 Å². The molecule has 3 amide bonds. The van der Waals surface area contributed by atoms with Gasteiger partial charge in [0.25, 0.3) is 0 Å². The lowest BCUT2D eigenvalue weighted by atomic mass is 10.2. The predicted molar refractivity (Wildman–Crippen MR) is 80.0 cm³/mol. The topological polar surface area (TPSA) is 82.6 Å². The Morgan fingerprint density at radius 3 is 2.95 bits per heavy atom. The van der Waals surface area contributed by atoms with Crippen LogP contribution in [0.4, 0.5) is 0 Å². The number of thiazole rings is 1. The Labute approximate surface area is 132 Å². The summed E-state index contributed by atoms with van der Waals surface area (Å²) in [6, 6.07) is -0.550. The molecule has 8 heteroatoms. The van der Waals surface area contributed by atoms with E-state index >= 15 is 0 Å². The summed E-state index contributed by atoms with van der Waals surface area (Å²) in [7, 11) is 1.60. The van der Waals surface area contributed by atoms with E-state index in [1.165, 1.54) is 21.1 Å². The van der Waals surface area contributed by atoms with Crippen LogP contribution >= 0.6 is 11.3 Å². The van der Waals surface area contributed by atoms with Crippen molar-refractivity contribution in [3.05, 3.63) is 16.1 Å². The normalized spacial score (nSPS) is 23.4. The second-order valence-corrected chi connectivity index (χ2v) is 6.67. The van der Waals surface area contributed by atoms with Crippen molar-refractivity contribution in [1.29, 1.82) is 0 Å². The number of hydrogen-bond donors (Lipinski definition) is 1. The molecule has 2 saturated heterocycles. The van der Waals surface area contributed by atoms with Crippen LogP contribution in [0.3, 0.4) is 0 Å². The highest BCUT2D eigenvalue weighted by atomic mass is 32.1. The van der Waals surface area contributed by atoms with Gasteiger partial charge in [-0.05, 0) is 19.8 Å². The molecular weight excluding hydrogens is 304 g/mol. The molecule has 2 aliphatic heterocycles. The molecule has 2 fully saturated rings. The minimum absolute atomic E-state index is 0.0577. The Morgan fingerprint density at radius 1 is 1.50 bits per heavy atom. The van der Waals surface area contributed by atoms with E-state index in [-0.39, 0.29) is 11.9 Å². The molecule has 0 spiro atoms. The van der Waals surface area contributed by atoms with Crippen LogP contribution in [0.25, 0.3) is 0 Å². The molecule has 0 aromatic carbocycles. The van der Waals surface area contributed by atoms with Gasteiger partial charge in [0.05, 0.1) is 23.8 Å². The number of hydrogen-bond acceptors (Lipinski definition) is 5. The number of aromatic nitrogens is 1. The number of amides is 3. The van der Waals surface area contributed by atoms with Gasteiger partial charge in [-0.1, -0.05) is 0 Å². The van der Waals surface area contributed by atoms with Gasteiger partial charge in [0.15, 0.2) is 0 Å². The summed E-state index contributed by atoms with van der Waals surface area (Å²) < 4.78 is 0. The van der Waals surface area contributed by atoms with E-state index in [1.54, 1.807) is 12.6 Å². The number of fused-ring (bicyclic) bond motifs is 2. The maximum Gasteiger partial charge on any atom is 0.313 e. The minimum atomic E-state index is -0.577. The molecule has 3 heterocycles. The second kappa shape index (κ2) is 5.68.